The average molecular weight is 330 g/mol. The van der Waals surface area contributed by atoms with Gasteiger partial charge in [0.2, 0.25) is 0 Å². The Morgan fingerprint density at radius 2 is 2.12 bits per heavy atom. The molecular weight excluding hydrogens is 315 g/mol. The molecule has 0 aliphatic carbocycles. The standard InChI is InChI=1S/C11H15IN4/c1-3-8(4-2)14-10-5-6-11-13-7-9(12)16(11)15-10/h5-8H,3-4H2,1-2H3,(H,14,15). The van der Waals surface area contributed by atoms with E-state index in [1.807, 2.05) is 22.8 Å². The largest absolute Gasteiger partial charge is 0.366 e. The Bertz CT molecular complexity index is 476. The van der Waals surface area contributed by atoms with Crippen molar-refractivity contribution in [2.75, 3.05) is 5.32 Å². The van der Waals surface area contributed by atoms with Crippen molar-refractivity contribution < 1.29 is 0 Å². The molecule has 0 aliphatic heterocycles. The molecule has 0 aliphatic rings. The van der Waals surface area contributed by atoms with Crippen molar-refractivity contribution in [3.05, 3.63) is 22.0 Å². The molecular formula is C11H15IN4. The van der Waals surface area contributed by atoms with E-state index in [2.05, 4.69) is 51.8 Å². The number of rotatable bonds is 4. The van der Waals surface area contributed by atoms with Gasteiger partial charge in [-0.3, -0.25) is 0 Å². The first-order valence-electron chi connectivity index (χ1n) is 5.51. The molecule has 0 aromatic carbocycles. The lowest BCUT2D eigenvalue weighted by Gasteiger charge is -2.15. The Kier molecular flexibility index (Phi) is 3.63. The monoisotopic (exact) mass is 330 g/mol. The minimum absolute atomic E-state index is 0.492. The van der Waals surface area contributed by atoms with Crippen LogP contribution in [0.15, 0.2) is 18.3 Å². The molecule has 2 aromatic heterocycles. The highest BCUT2D eigenvalue weighted by atomic mass is 127. The molecule has 16 heavy (non-hydrogen) atoms. The van der Waals surface area contributed by atoms with E-state index in [1.165, 1.54) is 0 Å². The predicted octanol–water partition coefficient (Wildman–Crippen LogP) is 2.93. The summed E-state index contributed by atoms with van der Waals surface area (Å²) in [5.74, 6) is 0.914. The van der Waals surface area contributed by atoms with Crippen LogP contribution in [-0.2, 0) is 0 Å². The highest BCUT2D eigenvalue weighted by Crippen LogP contribution is 2.12. The third-order valence-corrected chi connectivity index (χ3v) is 3.39. The second kappa shape index (κ2) is 4.99. The summed E-state index contributed by atoms with van der Waals surface area (Å²) >= 11 is 2.23. The van der Waals surface area contributed by atoms with Crippen LogP contribution in [0.5, 0.6) is 0 Å². The number of fused-ring (bicyclic) bond motifs is 1. The lowest BCUT2D eigenvalue weighted by atomic mass is 10.2. The minimum Gasteiger partial charge on any atom is -0.366 e. The van der Waals surface area contributed by atoms with E-state index in [-0.39, 0.29) is 0 Å². The molecule has 2 heterocycles. The smallest absolute Gasteiger partial charge is 0.154 e. The molecule has 86 valence electrons. The van der Waals surface area contributed by atoms with Crippen LogP contribution in [0.3, 0.4) is 0 Å². The molecule has 0 amide bonds. The molecule has 2 aromatic rings. The van der Waals surface area contributed by atoms with Gasteiger partial charge in [-0.2, -0.15) is 0 Å². The Hall–Kier alpha value is -0.850. The Balaban J connectivity index is 2.28. The lowest BCUT2D eigenvalue weighted by molar-refractivity contribution is 0.665. The number of nitrogens with zero attached hydrogens (tertiary/aromatic N) is 3. The van der Waals surface area contributed by atoms with Gasteiger partial charge in [-0.25, -0.2) is 9.50 Å². The van der Waals surface area contributed by atoms with Crippen LogP contribution in [0, 0.1) is 3.70 Å². The molecule has 2 rings (SSSR count). The van der Waals surface area contributed by atoms with Crippen molar-refractivity contribution in [1.29, 1.82) is 0 Å². The third-order valence-electron chi connectivity index (χ3n) is 2.66. The molecule has 0 spiro atoms. The van der Waals surface area contributed by atoms with Gasteiger partial charge < -0.3 is 5.32 Å². The van der Waals surface area contributed by atoms with Gasteiger partial charge in [0, 0.05) is 6.04 Å². The summed E-state index contributed by atoms with van der Waals surface area (Å²) < 4.78 is 2.88. The van der Waals surface area contributed by atoms with Gasteiger partial charge in [0.1, 0.15) is 9.52 Å². The van der Waals surface area contributed by atoms with Crippen LogP contribution in [-0.4, -0.2) is 20.6 Å². The summed E-state index contributed by atoms with van der Waals surface area (Å²) in [7, 11) is 0. The zero-order valence-electron chi connectivity index (χ0n) is 9.44. The van der Waals surface area contributed by atoms with Crippen LogP contribution < -0.4 is 5.32 Å². The maximum Gasteiger partial charge on any atom is 0.154 e. The summed E-state index contributed by atoms with van der Waals surface area (Å²) in [6.45, 7) is 4.36. The average Bonchev–Trinajstić information content (AvgIpc) is 2.68. The van der Waals surface area contributed by atoms with E-state index < -0.39 is 0 Å². The maximum atomic E-state index is 4.51. The molecule has 0 unspecified atom stereocenters. The van der Waals surface area contributed by atoms with Gasteiger partial charge in [-0.15, -0.1) is 5.10 Å². The number of hydrogen-bond acceptors (Lipinski definition) is 3. The molecule has 0 saturated carbocycles. The maximum absolute atomic E-state index is 4.51. The molecule has 0 radical (unpaired) electrons. The molecule has 0 saturated heterocycles. The van der Waals surface area contributed by atoms with Crippen molar-refractivity contribution in [2.45, 2.75) is 32.7 Å². The summed E-state index contributed by atoms with van der Waals surface area (Å²) in [5, 5.41) is 7.93. The van der Waals surface area contributed by atoms with Crippen LogP contribution in [0.25, 0.3) is 5.65 Å². The fourth-order valence-electron chi connectivity index (χ4n) is 1.62. The van der Waals surface area contributed by atoms with E-state index in [1.54, 1.807) is 0 Å². The lowest BCUT2D eigenvalue weighted by Crippen LogP contribution is -2.18. The number of aromatic nitrogens is 3. The quantitative estimate of drug-likeness (QED) is 0.877. The summed E-state index contributed by atoms with van der Waals surface area (Å²) in [5.41, 5.74) is 0.888. The third kappa shape index (κ3) is 2.28. The van der Waals surface area contributed by atoms with Gasteiger partial charge in [-0.1, -0.05) is 13.8 Å². The first kappa shape index (κ1) is 11.6. The van der Waals surface area contributed by atoms with E-state index in [0.29, 0.717) is 6.04 Å². The first-order chi connectivity index (χ1) is 7.74. The van der Waals surface area contributed by atoms with E-state index in [9.17, 15) is 0 Å². The van der Waals surface area contributed by atoms with Gasteiger partial charge >= 0.3 is 0 Å². The van der Waals surface area contributed by atoms with Crippen molar-refractivity contribution in [1.82, 2.24) is 14.6 Å². The fourth-order valence-corrected chi connectivity index (χ4v) is 2.12. The zero-order chi connectivity index (χ0) is 11.5. The van der Waals surface area contributed by atoms with Gasteiger partial charge in [0.05, 0.1) is 6.20 Å². The van der Waals surface area contributed by atoms with E-state index in [4.69, 9.17) is 0 Å². The second-order valence-corrected chi connectivity index (χ2v) is 4.83. The Morgan fingerprint density at radius 3 is 2.81 bits per heavy atom. The Labute approximate surface area is 109 Å². The molecule has 4 nitrogen and oxygen atoms in total. The topological polar surface area (TPSA) is 42.2 Å². The number of imidazole rings is 1. The zero-order valence-corrected chi connectivity index (χ0v) is 11.6. The molecule has 0 bridgehead atoms. The number of hydrogen-bond donors (Lipinski definition) is 1. The highest BCUT2D eigenvalue weighted by molar-refractivity contribution is 14.1. The minimum atomic E-state index is 0.492. The molecule has 0 atom stereocenters. The summed E-state index contributed by atoms with van der Waals surface area (Å²) in [4.78, 5) is 4.24. The van der Waals surface area contributed by atoms with Crippen molar-refractivity contribution >= 4 is 34.1 Å². The number of nitrogens with one attached hydrogen (secondary N) is 1. The molecule has 0 fully saturated rings. The van der Waals surface area contributed by atoms with E-state index in [0.717, 1.165) is 28.0 Å². The first-order valence-corrected chi connectivity index (χ1v) is 6.59. The molecule has 5 heteroatoms. The Morgan fingerprint density at radius 1 is 1.38 bits per heavy atom. The van der Waals surface area contributed by atoms with Crippen molar-refractivity contribution in [3.8, 4) is 0 Å². The van der Waals surface area contributed by atoms with E-state index >= 15 is 0 Å². The van der Waals surface area contributed by atoms with Gasteiger partial charge in [0.25, 0.3) is 0 Å². The van der Waals surface area contributed by atoms with Crippen LogP contribution in [0.2, 0.25) is 0 Å². The number of anilines is 1. The van der Waals surface area contributed by atoms with Gasteiger partial charge in [-0.05, 0) is 47.6 Å². The second-order valence-electron chi connectivity index (χ2n) is 3.73. The number of halogens is 1. The van der Waals surface area contributed by atoms with Crippen LogP contribution >= 0.6 is 22.6 Å². The SMILES string of the molecule is CCC(CC)Nc1ccc2ncc(I)n2n1. The van der Waals surface area contributed by atoms with Crippen LogP contribution in [0.1, 0.15) is 26.7 Å². The normalized spacial score (nSPS) is 11.2. The summed E-state index contributed by atoms with van der Waals surface area (Å²) in [6, 6.07) is 4.46. The van der Waals surface area contributed by atoms with Crippen LogP contribution in [0.4, 0.5) is 5.82 Å². The van der Waals surface area contributed by atoms with Crippen molar-refractivity contribution in [3.63, 3.8) is 0 Å². The highest BCUT2D eigenvalue weighted by Gasteiger charge is 2.06. The predicted molar refractivity (Wildman–Crippen MR) is 73.7 cm³/mol. The van der Waals surface area contributed by atoms with Crippen molar-refractivity contribution in [2.24, 2.45) is 0 Å². The fraction of sp³-hybridized carbons (Fsp3) is 0.455. The molecule has 1 N–H and O–H groups in total. The summed E-state index contributed by atoms with van der Waals surface area (Å²) in [6.07, 6.45) is 4.04. The van der Waals surface area contributed by atoms with Gasteiger partial charge in [0.15, 0.2) is 5.65 Å².